The van der Waals surface area contributed by atoms with Crippen LogP contribution in [0.5, 0.6) is 0 Å². The van der Waals surface area contributed by atoms with Crippen molar-refractivity contribution < 1.29 is 14.3 Å². The molecular formula is C18H34N2O3. The zero-order valence-corrected chi connectivity index (χ0v) is 15.7. The second kappa shape index (κ2) is 8.55. The third-order valence-electron chi connectivity index (χ3n) is 4.52. The van der Waals surface area contributed by atoms with E-state index < -0.39 is 5.60 Å². The zero-order chi connectivity index (χ0) is 17.6. The summed E-state index contributed by atoms with van der Waals surface area (Å²) in [5, 5.41) is 0. The Morgan fingerprint density at radius 3 is 2.30 bits per heavy atom. The standard InChI is InChI=1S/C18H34N2O3/c1-7-14(8-2)12-19(9-3)16(21)15-10-11-20(13-15)17(22)23-18(4,5)6/h14-15H,7-13H2,1-6H3. The van der Waals surface area contributed by atoms with Gasteiger partial charge in [-0.3, -0.25) is 4.79 Å². The molecule has 1 atom stereocenters. The van der Waals surface area contributed by atoms with Gasteiger partial charge >= 0.3 is 6.09 Å². The van der Waals surface area contributed by atoms with Crippen LogP contribution in [-0.4, -0.2) is 53.6 Å². The number of ether oxygens (including phenoxy) is 1. The molecule has 0 aromatic rings. The molecule has 2 amide bonds. The van der Waals surface area contributed by atoms with E-state index in [1.165, 1.54) is 0 Å². The SMILES string of the molecule is CCC(CC)CN(CC)C(=O)C1CCN(C(=O)OC(C)(C)C)C1. The molecule has 0 aliphatic carbocycles. The molecule has 1 aliphatic rings. The second-order valence-electron chi connectivity index (χ2n) is 7.47. The average Bonchev–Trinajstić information content (AvgIpc) is 2.96. The van der Waals surface area contributed by atoms with Crippen LogP contribution in [0.3, 0.4) is 0 Å². The molecule has 0 spiro atoms. The Bertz CT molecular complexity index is 400. The van der Waals surface area contributed by atoms with E-state index in [-0.39, 0.29) is 17.9 Å². The minimum atomic E-state index is -0.496. The summed E-state index contributed by atoms with van der Waals surface area (Å²) < 4.78 is 5.40. The highest BCUT2D eigenvalue weighted by atomic mass is 16.6. The summed E-state index contributed by atoms with van der Waals surface area (Å²) in [6, 6.07) is 0. The molecule has 0 saturated carbocycles. The highest BCUT2D eigenvalue weighted by Gasteiger charge is 2.35. The maximum atomic E-state index is 12.7. The molecule has 5 heteroatoms. The Labute approximate surface area is 141 Å². The summed E-state index contributed by atoms with van der Waals surface area (Å²) in [4.78, 5) is 28.5. The van der Waals surface area contributed by atoms with Crippen LogP contribution in [0.1, 0.15) is 60.8 Å². The normalized spacial score (nSPS) is 18.4. The zero-order valence-electron chi connectivity index (χ0n) is 15.7. The molecule has 0 aromatic carbocycles. The van der Waals surface area contributed by atoms with Crippen molar-refractivity contribution in [3.63, 3.8) is 0 Å². The molecule has 1 rings (SSSR count). The summed E-state index contributed by atoms with van der Waals surface area (Å²) in [5.41, 5.74) is -0.496. The van der Waals surface area contributed by atoms with Crippen molar-refractivity contribution in [2.24, 2.45) is 11.8 Å². The van der Waals surface area contributed by atoms with Crippen LogP contribution in [0, 0.1) is 11.8 Å². The second-order valence-corrected chi connectivity index (χ2v) is 7.47. The predicted octanol–water partition coefficient (Wildman–Crippen LogP) is 3.53. The van der Waals surface area contributed by atoms with E-state index in [0.29, 0.717) is 19.0 Å². The van der Waals surface area contributed by atoms with Gasteiger partial charge in [-0.15, -0.1) is 0 Å². The fourth-order valence-electron chi connectivity index (χ4n) is 2.95. The van der Waals surface area contributed by atoms with E-state index in [2.05, 4.69) is 13.8 Å². The summed E-state index contributed by atoms with van der Waals surface area (Å²) in [7, 11) is 0. The Morgan fingerprint density at radius 2 is 1.83 bits per heavy atom. The first-order chi connectivity index (χ1) is 10.7. The van der Waals surface area contributed by atoms with Gasteiger partial charge in [0.1, 0.15) is 5.60 Å². The molecule has 1 saturated heterocycles. The van der Waals surface area contributed by atoms with Crippen LogP contribution in [0.15, 0.2) is 0 Å². The third-order valence-corrected chi connectivity index (χ3v) is 4.52. The summed E-state index contributed by atoms with van der Waals surface area (Å²) in [6.45, 7) is 14.6. The van der Waals surface area contributed by atoms with Crippen LogP contribution in [-0.2, 0) is 9.53 Å². The van der Waals surface area contributed by atoms with Gasteiger partial charge in [-0.2, -0.15) is 0 Å². The molecule has 1 aliphatic heterocycles. The van der Waals surface area contributed by atoms with Crippen LogP contribution >= 0.6 is 0 Å². The van der Waals surface area contributed by atoms with Gasteiger partial charge in [0.25, 0.3) is 0 Å². The minimum absolute atomic E-state index is 0.0863. The molecule has 1 fully saturated rings. The van der Waals surface area contributed by atoms with Gasteiger partial charge in [0.2, 0.25) is 5.91 Å². The van der Waals surface area contributed by atoms with Gasteiger partial charge in [0, 0.05) is 26.2 Å². The van der Waals surface area contributed by atoms with Crippen molar-refractivity contribution in [2.75, 3.05) is 26.2 Å². The first-order valence-electron chi connectivity index (χ1n) is 8.98. The number of hydrogen-bond donors (Lipinski definition) is 0. The van der Waals surface area contributed by atoms with Crippen molar-refractivity contribution in [3.05, 3.63) is 0 Å². The Morgan fingerprint density at radius 1 is 1.22 bits per heavy atom. The predicted molar refractivity (Wildman–Crippen MR) is 92.2 cm³/mol. The smallest absolute Gasteiger partial charge is 0.410 e. The van der Waals surface area contributed by atoms with Crippen molar-refractivity contribution in [2.45, 2.75) is 66.4 Å². The number of carbonyl (C=O) groups excluding carboxylic acids is 2. The Kier molecular flexibility index (Phi) is 7.36. The molecule has 1 heterocycles. The average molecular weight is 326 g/mol. The number of rotatable bonds is 6. The topological polar surface area (TPSA) is 49.9 Å². The van der Waals surface area contributed by atoms with Gasteiger partial charge in [0.15, 0.2) is 0 Å². The lowest BCUT2D eigenvalue weighted by molar-refractivity contribution is -0.135. The fraction of sp³-hybridized carbons (Fsp3) is 0.889. The lowest BCUT2D eigenvalue weighted by Crippen LogP contribution is -2.41. The third kappa shape index (κ3) is 6.04. The van der Waals surface area contributed by atoms with E-state index in [4.69, 9.17) is 4.74 Å². The van der Waals surface area contributed by atoms with Gasteiger partial charge in [-0.25, -0.2) is 4.79 Å². The van der Waals surface area contributed by atoms with E-state index in [9.17, 15) is 9.59 Å². The molecule has 0 bridgehead atoms. The Balaban J connectivity index is 2.59. The Hall–Kier alpha value is -1.26. The fourth-order valence-corrected chi connectivity index (χ4v) is 2.95. The number of amides is 2. The summed E-state index contributed by atoms with van der Waals surface area (Å²) in [6.07, 6.45) is 2.61. The molecule has 5 nitrogen and oxygen atoms in total. The van der Waals surface area contributed by atoms with E-state index in [1.807, 2.05) is 32.6 Å². The molecule has 134 valence electrons. The van der Waals surface area contributed by atoms with Gasteiger partial charge in [-0.1, -0.05) is 26.7 Å². The van der Waals surface area contributed by atoms with E-state index in [1.54, 1.807) is 4.90 Å². The summed E-state index contributed by atoms with van der Waals surface area (Å²) >= 11 is 0. The van der Waals surface area contributed by atoms with E-state index in [0.717, 1.165) is 32.4 Å². The number of nitrogens with zero attached hydrogens (tertiary/aromatic N) is 2. The monoisotopic (exact) mass is 326 g/mol. The van der Waals surface area contributed by atoms with Crippen molar-refractivity contribution in [1.29, 1.82) is 0 Å². The summed E-state index contributed by atoms with van der Waals surface area (Å²) in [5.74, 6) is 0.657. The van der Waals surface area contributed by atoms with Crippen molar-refractivity contribution in [1.82, 2.24) is 9.80 Å². The van der Waals surface area contributed by atoms with Gasteiger partial charge in [0.05, 0.1) is 5.92 Å². The molecule has 0 aromatic heterocycles. The van der Waals surface area contributed by atoms with Crippen LogP contribution in [0.4, 0.5) is 4.79 Å². The highest BCUT2D eigenvalue weighted by molar-refractivity contribution is 5.80. The lowest BCUT2D eigenvalue weighted by atomic mass is 10.0. The molecular weight excluding hydrogens is 292 g/mol. The first-order valence-corrected chi connectivity index (χ1v) is 8.98. The number of likely N-dealkylation sites (tertiary alicyclic amines) is 1. The molecule has 1 unspecified atom stereocenters. The highest BCUT2D eigenvalue weighted by Crippen LogP contribution is 2.22. The molecule has 0 radical (unpaired) electrons. The molecule has 0 N–H and O–H groups in total. The van der Waals surface area contributed by atoms with Gasteiger partial charge in [-0.05, 0) is 40.0 Å². The number of carbonyl (C=O) groups is 2. The maximum Gasteiger partial charge on any atom is 0.410 e. The maximum absolute atomic E-state index is 12.7. The van der Waals surface area contributed by atoms with Crippen LogP contribution < -0.4 is 0 Å². The quantitative estimate of drug-likeness (QED) is 0.750. The van der Waals surface area contributed by atoms with Crippen LogP contribution in [0.25, 0.3) is 0 Å². The molecule has 23 heavy (non-hydrogen) atoms. The van der Waals surface area contributed by atoms with Gasteiger partial charge < -0.3 is 14.5 Å². The van der Waals surface area contributed by atoms with Crippen molar-refractivity contribution in [3.8, 4) is 0 Å². The minimum Gasteiger partial charge on any atom is -0.444 e. The first kappa shape index (κ1) is 19.8. The largest absolute Gasteiger partial charge is 0.444 e. The van der Waals surface area contributed by atoms with E-state index >= 15 is 0 Å². The van der Waals surface area contributed by atoms with Crippen molar-refractivity contribution >= 4 is 12.0 Å². The number of hydrogen-bond acceptors (Lipinski definition) is 3. The lowest BCUT2D eigenvalue weighted by Gasteiger charge is -2.28. The van der Waals surface area contributed by atoms with Crippen LogP contribution in [0.2, 0.25) is 0 Å².